The van der Waals surface area contributed by atoms with Gasteiger partial charge in [-0.2, -0.15) is 0 Å². The van der Waals surface area contributed by atoms with Crippen molar-refractivity contribution in [2.75, 3.05) is 6.54 Å². The number of thioether (sulfide) groups is 1. The second kappa shape index (κ2) is 5.65. The van der Waals surface area contributed by atoms with E-state index >= 15 is 0 Å². The fourth-order valence-corrected chi connectivity index (χ4v) is 3.06. The van der Waals surface area contributed by atoms with Crippen molar-refractivity contribution in [3.8, 4) is 0 Å². The summed E-state index contributed by atoms with van der Waals surface area (Å²) in [6.07, 6.45) is 1.61. The number of hydrogen-bond donors (Lipinski definition) is 1. The number of imide groups is 1. The molecule has 1 aliphatic rings. The van der Waals surface area contributed by atoms with E-state index < -0.39 is 23.7 Å². The van der Waals surface area contributed by atoms with Crippen molar-refractivity contribution in [3.63, 3.8) is 0 Å². The Morgan fingerprint density at radius 1 is 1.14 bits per heavy atom. The van der Waals surface area contributed by atoms with Gasteiger partial charge in [0.15, 0.2) is 0 Å². The van der Waals surface area contributed by atoms with Gasteiger partial charge in [-0.15, -0.1) is 0 Å². The van der Waals surface area contributed by atoms with Gasteiger partial charge in [-0.1, -0.05) is 36.4 Å². The number of carbonyl (C=O) groups excluding carboxylic acids is 2. The molecular weight excluding hydrogens is 302 g/mol. The fraction of sp³-hybridized carbons (Fsp3) is 0.0625. The van der Waals surface area contributed by atoms with Crippen LogP contribution in [0.3, 0.4) is 0 Å². The summed E-state index contributed by atoms with van der Waals surface area (Å²) < 4.78 is 0. The number of nitrogens with zero attached hydrogens (tertiary/aromatic N) is 1. The third-order valence-electron chi connectivity index (χ3n) is 3.24. The topological polar surface area (TPSA) is 74.7 Å². The first-order valence-electron chi connectivity index (χ1n) is 6.50. The highest BCUT2D eigenvalue weighted by Gasteiger charge is 2.36. The Morgan fingerprint density at radius 3 is 2.59 bits per heavy atom. The third-order valence-corrected chi connectivity index (χ3v) is 4.15. The quantitative estimate of drug-likeness (QED) is 0.882. The number of carboxylic acids is 1. The van der Waals surface area contributed by atoms with Crippen LogP contribution in [-0.2, 0) is 9.59 Å². The van der Waals surface area contributed by atoms with E-state index in [1.54, 1.807) is 6.08 Å². The highest BCUT2D eigenvalue weighted by atomic mass is 32.2. The molecule has 0 spiro atoms. The maximum Gasteiger partial charge on any atom is 0.323 e. The number of amides is 2. The zero-order valence-electron chi connectivity index (χ0n) is 11.4. The normalized spacial score (nSPS) is 16.7. The SMILES string of the molecule is O=C(O)CN1C(=O)S/C(=C/c2ccc3ccccc3c2)C1=O. The van der Waals surface area contributed by atoms with E-state index in [-0.39, 0.29) is 4.91 Å². The first-order valence-corrected chi connectivity index (χ1v) is 7.32. The molecule has 0 radical (unpaired) electrons. The van der Waals surface area contributed by atoms with E-state index in [4.69, 9.17) is 5.11 Å². The molecule has 0 saturated carbocycles. The van der Waals surface area contributed by atoms with Crippen LogP contribution in [0.15, 0.2) is 47.4 Å². The summed E-state index contributed by atoms with van der Waals surface area (Å²) in [5.41, 5.74) is 0.791. The van der Waals surface area contributed by atoms with E-state index in [1.807, 2.05) is 42.5 Å². The Hall–Kier alpha value is -2.60. The minimum atomic E-state index is -1.21. The number of carbonyl (C=O) groups is 3. The summed E-state index contributed by atoms with van der Waals surface area (Å²) in [7, 11) is 0. The van der Waals surface area contributed by atoms with Gasteiger partial charge < -0.3 is 5.11 Å². The summed E-state index contributed by atoms with van der Waals surface area (Å²) in [5.74, 6) is -1.78. The second-order valence-electron chi connectivity index (χ2n) is 4.77. The molecular formula is C16H11NO4S. The molecule has 5 nitrogen and oxygen atoms in total. The van der Waals surface area contributed by atoms with E-state index in [0.29, 0.717) is 0 Å². The lowest BCUT2D eigenvalue weighted by atomic mass is 10.1. The first-order chi connectivity index (χ1) is 10.5. The Labute approximate surface area is 130 Å². The molecule has 1 heterocycles. The molecule has 0 atom stereocenters. The number of fused-ring (bicyclic) bond motifs is 1. The average molecular weight is 313 g/mol. The number of hydrogen-bond acceptors (Lipinski definition) is 4. The van der Waals surface area contributed by atoms with Gasteiger partial charge in [0.25, 0.3) is 11.1 Å². The Bertz CT molecular complexity index is 828. The number of rotatable bonds is 3. The van der Waals surface area contributed by atoms with Gasteiger partial charge in [0.05, 0.1) is 4.91 Å². The number of carboxylic acid groups (broad SMARTS) is 1. The van der Waals surface area contributed by atoms with Gasteiger partial charge in [0, 0.05) is 0 Å². The monoisotopic (exact) mass is 313 g/mol. The maximum absolute atomic E-state index is 12.1. The van der Waals surface area contributed by atoms with Gasteiger partial charge in [-0.3, -0.25) is 19.3 Å². The molecule has 22 heavy (non-hydrogen) atoms. The van der Waals surface area contributed by atoms with E-state index in [9.17, 15) is 14.4 Å². The van der Waals surface area contributed by atoms with Crippen LogP contribution in [0, 0.1) is 0 Å². The Morgan fingerprint density at radius 2 is 1.86 bits per heavy atom. The molecule has 0 unspecified atom stereocenters. The smallest absolute Gasteiger partial charge is 0.323 e. The van der Waals surface area contributed by atoms with Crippen LogP contribution in [-0.4, -0.2) is 33.7 Å². The molecule has 2 aromatic rings. The Kier molecular flexibility index (Phi) is 3.68. The highest BCUT2D eigenvalue weighted by molar-refractivity contribution is 8.18. The molecule has 1 fully saturated rings. The molecule has 110 valence electrons. The number of benzene rings is 2. The van der Waals surface area contributed by atoms with Crippen LogP contribution >= 0.6 is 11.8 Å². The lowest BCUT2D eigenvalue weighted by molar-refractivity contribution is -0.140. The molecule has 0 bridgehead atoms. The van der Waals surface area contributed by atoms with Gasteiger partial charge in [-0.05, 0) is 40.2 Å². The van der Waals surface area contributed by atoms with E-state index in [0.717, 1.165) is 33.0 Å². The van der Waals surface area contributed by atoms with Crippen LogP contribution in [0.5, 0.6) is 0 Å². The van der Waals surface area contributed by atoms with Crippen molar-refractivity contribution in [1.29, 1.82) is 0 Å². The van der Waals surface area contributed by atoms with Crippen molar-refractivity contribution < 1.29 is 19.5 Å². The van der Waals surface area contributed by atoms with Crippen LogP contribution in [0.2, 0.25) is 0 Å². The molecule has 1 N–H and O–H groups in total. The molecule has 1 saturated heterocycles. The van der Waals surface area contributed by atoms with Crippen molar-refractivity contribution >= 4 is 45.7 Å². The fourth-order valence-electron chi connectivity index (χ4n) is 2.22. The van der Waals surface area contributed by atoms with Crippen molar-refractivity contribution in [1.82, 2.24) is 4.90 Å². The second-order valence-corrected chi connectivity index (χ2v) is 5.76. The summed E-state index contributed by atoms with van der Waals surface area (Å²) in [5, 5.41) is 10.3. The minimum absolute atomic E-state index is 0.238. The standard InChI is InChI=1S/C16H11NO4S/c18-14(19)9-17-15(20)13(22-16(17)21)8-10-5-6-11-3-1-2-4-12(11)7-10/h1-8H,9H2,(H,18,19)/b13-8+. The van der Waals surface area contributed by atoms with Crippen LogP contribution in [0.4, 0.5) is 4.79 Å². The van der Waals surface area contributed by atoms with Gasteiger partial charge >= 0.3 is 5.97 Å². The highest BCUT2D eigenvalue weighted by Crippen LogP contribution is 2.32. The molecule has 0 aliphatic carbocycles. The predicted octanol–water partition coefficient (Wildman–Crippen LogP) is 2.96. The first kappa shape index (κ1) is 14.3. The van der Waals surface area contributed by atoms with Crippen molar-refractivity contribution in [2.45, 2.75) is 0 Å². The molecule has 0 aromatic heterocycles. The molecule has 3 rings (SSSR count). The maximum atomic E-state index is 12.1. The lowest BCUT2D eigenvalue weighted by Gasteiger charge is -2.07. The zero-order chi connectivity index (χ0) is 15.7. The summed E-state index contributed by atoms with van der Waals surface area (Å²) in [6, 6.07) is 13.5. The van der Waals surface area contributed by atoms with Crippen molar-refractivity contribution in [2.24, 2.45) is 0 Å². The van der Waals surface area contributed by atoms with Crippen LogP contribution < -0.4 is 0 Å². The molecule has 1 aliphatic heterocycles. The lowest BCUT2D eigenvalue weighted by Crippen LogP contribution is -2.33. The predicted molar refractivity (Wildman–Crippen MR) is 84.3 cm³/mol. The number of aliphatic carboxylic acids is 1. The van der Waals surface area contributed by atoms with Gasteiger partial charge in [-0.25, -0.2) is 0 Å². The largest absolute Gasteiger partial charge is 0.480 e. The average Bonchev–Trinajstić information content (AvgIpc) is 2.74. The van der Waals surface area contributed by atoms with E-state index in [2.05, 4.69) is 0 Å². The molecule has 2 amide bonds. The third kappa shape index (κ3) is 2.73. The van der Waals surface area contributed by atoms with E-state index in [1.165, 1.54) is 0 Å². The Balaban J connectivity index is 1.92. The summed E-state index contributed by atoms with van der Waals surface area (Å²) in [4.78, 5) is 35.4. The van der Waals surface area contributed by atoms with Crippen molar-refractivity contribution in [3.05, 3.63) is 52.9 Å². The molecule has 6 heteroatoms. The minimum Gasteiger partial charge on any atom is -0.480 e. The summed E-state index contributed by atoms with van der Waals surface area (Å²) >= 11 is 0.759. The van der Waals surface area contributed by atoms with Gasteiger partial charge in [0.1, 0.15) is 6.54 Å². The van der Waals surface area contributed by atoms with Crippen LogP contribution in [0.25, 0.3) is 16.8 Å². The summed E-state index contributed by atoms with van der Waals surface area (Å²) in [6.45, 7) is -0.611. The molecule has 2 aromatic carbocycles. The van der Waals surface area contributed by atoms with Crippen LogP contribution in [0.1, 0.15) is 5.56 Å². The van der Waals surface area contributed by atoms with Gasteiger partial charge in [0.2, 0.25) is 0 Å². The zero-order valence-corrected chi connectivity index (χ0v) is 12.2.